The number of halogens is 1. The second-order valence-electron chi connectivity index (χ2n) is 4.33. The van der Waals surface area contributed by atoms with E-state index < -0.39 is 0 Å². The monoisotopic (exact) mass is 259 g/mol. The van der Waals surface area contributed by atoms with Crippen molar-refractivity contribution in [3.05, 3.63) is 16.4 Å². The molecule has 0 aliphatic rings. The van der Waals surface area contributed by atoms with Gasteiger partial charge in [-0.2, -0.15) is 5.10 Å². The van der Waals surface area contributed by atoms with E-state index in [1.54, 1.807) is 0 Å². The van der Waals surface area contributed by atoms with Crippen LogP contribution in [0.2, 0.25) is 5.02 Å². The molecule has 0 spiro atoms. The summed E-state index contributed by atoms with van der Waals surface area (Å²) in [4.78, 5) is 0. The molecule has 1 rings (SSSR count). The first kappa shape index (κ1) is 14.5. The lowest BCUT2D eigenvalue weighted by atomic mass is 10.2. The molecule has 5 heteroatoms. The molecule has 17 heavy (non-hydrogen) atoms. The van der Waals surface area contributed by atoms with Gasteiger partial charge >= 0.3 is 0 Å². The first-order valence-corrected chi connectivity index (χ1v) is 6.52. The van der Waals surface area contributed by atoms with E-state index in [4.69, 9.17) is 16.7 Å². The van der Waals surface area contributed by atoms with Crippen LogP contribution in [-0.4, -0.2) is 27.5 Å². The van der Waals surface area contributed by atoms with Gasteiger partial charge in [0.15, 0.2) is 0 Å². The molecule has 0 saturated carbocycles. The third-order valence-electron chi connectivity index (χ3n) is 2.92. The van der Waals surface area contributed by atoms with Crippen LogP contribution in [0.1, 0.15) is 38.1 Å². The zero-order chi connectivity index (χ0) is 12.8. The molecule has 0 aliphatic carbocycles. The topological polar surface area (TPSA) is 50.1 Å². The zero-order valence-electron chi connectivity index (χ0n) is 10.8. The lowest BCUT2D eigenvalue weighted by Crippen LogP contribution is -2.26. The van der Waals surface area contributed by atoms with Crippen LogP contribution in [0.15, 0.2) is 0 Å². The van der Waals surface area contributed by atoms with E-state index in [-0.39, 0.29) is 6.61 Å². The van der Waals surface area contributed by atoms with Crippen LogP contribution in [0.4, 0.5) is 0 Å². The Bertz CT molecular complexity index is 352. The second-order valence-corrected chi connectivity index (χ2v) is 4.71. The van der Waals surface area contributed by atoms with Crippen molar-refractivity contribution in [1.82, 2.24) is 15.1 Å². The molecular formula is C12H22ClN3O. The van der Waals surface area contributed by atoms with Crippen LogP contribution in [0.5, 0.6) is 0 Å². The highest BCUT2D eigenvalue weighted by atomic mass is 35.5. The fourth-order valence-electron chi connectivity index (χ4n) is 1.78. The van der Waals surface area contributed by atoms with Crippen molar-refractivity contribution in [2.24, 2.45) is 7.05 Å². The van der Waals surface area contributed by atoms with Crippen LogP contribution in [0, 0.1) is 0 Å². The summed E-state index contributed by atoms with van der Waals surface area (Å²) in [6.45, 7) is 5.13. The van der Waals surface area contributed by atoms with E-state index in [0.29, 0.717) is 6.04 Å². The van der Waals surface area contributed by atoms with E-state index in [0.717, 1.165) is 42.2 Å². The average molecular weight is 260 g/mol. The van der Waals surface area contributed by atoms with Gasteiger partial charge in [0.2, 0.25) is 0 Å². The largest absolute Gasteiger partial charge is 0.396 e. The minimum absolute atomic E-state index is 0.248. The Morgan fingerprint density at radius 2 is 2.24 bits per heavy atom. The highest BCUT2D eigenvalue weighted by Crippen LogP contribution is 2.20. The minimum Gasteiger partial charge on any atom is -0.396 e. The number of hydrogen-bond donors (Lipinski definition) is 2. The van der Waals surface area contributed by atoms with Crippen molar-refractivity contribution in [3.63, 3.8) is 0 Å². The Balaban J connectivity index is 2.54. The third-order valence-corrected chi connectivity index (χ3v) is 3.35. The number of aliphatic hydroxyl groups is 1. The van der Waals surface area contributed by atoms with Crippen molar-refractivity contribution in [2.75, 3.05) is 6.61 Å². The molecule has 1 unspecified atom stereocenters. The summed E-state index contributed by atoms with van der Waals surface area (Å²) >= 11 is 6.25. The molecule has 98 valence electrons. The third kappa shape index (κ3) is 3.98. The molecule has 0 aromatic carbocycles. The summed E-state index contributed by atoms with van der Waals surface area (Å²) < 4.78 is 1.84. The summed E-state index contributed by atoms with van der Waals surface area (Å²) in [7, 11) is 1.92. The molecule has 1 aromatic rings. The number of nitrogens with zero attached hydrogens (tertiary/aromatic N) is 2. The van der Waals surface area contributed by atoms with E-state index in [1.165, 1.54) is 0 Å². The van der Waals surface area contributed by atoms with E-state index >= 15 is 0 Å². The molecule has 0 amide bonds. The Labute approximate surface area is 108 Å². The van der Waals surface area contributed by atoms with E-state index in [1.807, 2.05) is 11.7 Å². The van der Waals surface area contributed by atoms with Gasteiger partial charge in [-0.25, -0.2) is 0 Å². The number of aryl methyl sites for hydroxylation is 2. The number of aliphatic hydroxyl groups excluding tert-OH is 1. The number of hydrogen-bond acceptors (Lipinski definition) is 3. The predicted octanol–water partition coefficient (Wildman–Crippen LogP) is 1.89. The van der Waals surface area contributed by atoms with Crippen molar-refractivity contribution in [3.8, 4) is 0 Å². The van der Waals surface area contributed by atoms with Gasteiger partial charge in [0, 0.05) is 26.2 Å². The van der Waals surface area contributed by atoms with Gasteiger partial charge in [0.1, 0.15) is 0 Å². The Morgan fingerprint density at radius 3 is 2.76 bits per heavy atom. The predicted molar refractivity (Wildman–Crippen MR) is 70.2 cm³/mol. The smallest absolute Gasteiger partial charge is 0.0863 e. The second kappa shape index (κ2) is 6.99. The van der Waals surface area contributed by atoms with Crippen molar-refractivity contribution < 1.29 is 5.11 Å². The van der Waals surface area contributed by atoms with Gasteiger partial charge < -0.3 is 10.4 Å². The molecule has 1 atom stereocenters. The first-order chi connectivity index (χ1) is 8.10. The summed E-state index contributed by atoms with van der Waals surface area (Å²) in [5, 5.41) is 17.3. The maximum absolute atomic E-state index is 8.76. The number of nitrogens with one attached hydrogen (secondary N) is 1. The quantitative estimate of drug-likeness (QED) is 0.786. The Morgan fingerprint density at radius 1 is 1.53 bits per heavy atom. The van der Waals surface area contributed by atoms with E-state index in [2.05, 4.69) is 24.3 Å². The molecule has 0 radical (unpaired) electrons. The maximum Gasteiger partial charge on any atom is 0.0863 e. The molecule has 0 bridgehead atoms. The Hall–Kier alpha value is -0.580. The SMILES string of the molecule is CCc1nn(C)c(CNC(C)CCCO)c1Cl. The highest BCUT2D eigenvalue weighted by Gasteiger charge is 2.13. The number of aromatic nitrogens is 2. The van der Waals surface area contributed by atoms with Crippen molar-refractivity contribution in [1.29, 1.82) is 0 Å². The van der Waals surface area contributed by atoms with Gasteiger partial charge in [-0.1, -0.05) is 18.5 Å². The fraction of sp³-hybridized carbons (Fsp3) is 0.750. The number of rotatable bonds is 7. The normalized spacial score (nSPS) is 13.0. The first-order valence-electron chi connectivity index (χ1n) is 6.14. The molecule has 0 aliphatic heterocycles. The standard InChI is InChI=1S/C12H22ClN3O/c1-4-10-12(13)11(16(3)15-10)8-14-9(2)6-5-7-17/h9,14,17H,4-8H2,1-3H3. The average Bonchev–Trinajstić information content (AvgIpc) is 2.59. The highest BCUT2D eigenvalue weighted by molar-refractivity contribution is 6.31. The lowest BCUT2D eigenvalue weighted by molar-refractivity contribution is 0.276. The van der Waals surface area contributed by atoms with Crippen LogP contribution >= 0.6 is 11.6 Å². The van der Waals surface area contributed by atoms with Crippen LogP contribution in [0.25, 0.3) is 0 Å². The molecule has 1 heterocycles. The van der Waals surface area contributed by atoms with Crippen LogP contribution < -0.4 is 5.32 Å². The van der Waals surface area contributed by atoms with Crippen molar-refractivity contribution >= 4 is 11.6 Å². The molecule has 0 fully saturated rings. The van der Waals surface area contributed by atoms with E-state index in [9.17, 15) is 0 Å². The van der Waals surface area contributed by atoms with Crippen LogP contribution in [0.3, 0.4) is 0 Å². The summed E-state index contributed by atoms with van der Waals surface area (Å²) in [6, 6.07) is 0.373. The van der Waals surface area contributed by atoms with Gasteiger partial charge in [-0.15, -0.1) is 0 Å². The molecule has 2 N–H and O–H groups in total. The van der Waals surface area contributed by atoms with Gasteiger partial charge in [-0.3, -0.25) is 4.68 Å². The van der Waals surface area contributed by atoms with Gasteiger partial charge in [0.25, 0.3) is 0 Å². The van der Waals surface area contributed by atoms with Gasteiger partial charge in [0.05, 0.1) is 16.4 Å². The molecule has 1 aromatic heterocycles. The summed E-state index contributed by atoms with van der Waals surface area (Å²) in [5.74, 6) is 0. The Kier molecular flexibility index (Phi) is 5.95. The maximum atomic E-state index is 8.76. The zero-order valence-corrected chi connectivity index (χ0v) is 11.6. The van der Waals surface area contributed by atoms with Crippen molar-refractivity contribution in [2.45, 2.75) is 45.7 Å². The fourth-order valence-corrected chi connectivity index (χ4v) is 2.14. The minimum atomic E-state index is 0.248. The van der Waals surface area contributed by atoms with Crippen LogP contribution in [-0.2, 0) is 20.0 Å². The molecular weight excluding hydrogens is 238 g/mol. The molecule has 4 nitrogen and oxygen atoms in total. The van der Waals surface area contributed by atoms with Gasteiger partial charge in [-0.05, 0) is 26.2 Å². The lowest BCUT2D eigenvalue weighted by Gasteiger charge is -2.13. The summed E-state index contributed by atoms with van der Waals surface area (Å²) in [6.07, 6.45) is 2.65. The molecule has 0 saturated heterocycles. The summed E-state index contributed by atoms with van der Waals surface area (Å²) in [5.41, 5.74) is 1.98.